The zero-order valence-electron chi connectivity index (χ0n) is 40.0. The molecule has 4 aliphatic heterocycles. The number of rotatable bonds is 20. The summed E-state index contributed by atoms with van der Waals surface area (Å²) in [7, 11) is 4.78. The van der Waals surface area contributed by atoms with Crippen LogP contribution in [0.1, 0.15) is 63.7 Å². The number of amides is 2. The normalized spacial score (nSPS) is 16.7. The summed E-state index contributed by atoms with van der Waals surface area (Å²) >= 11 is 4.95. The third-order valence-corrected chi connectivity index (χ3v) is 12.8. The highest BCUT2D eigenvalue weighted by molar-refractivity contribution is 7.81. The summed E-state index contributed by atoms with van der Waals surface area (Å²) in [6.07, 6.45) is 3.24. The van der Waals surface area contributed by atoms with Crippen LogP contribution in [0.2, 0.25) is 0 Å². The highest BCUT2D eigenvalue weighted by Gasteiger charge is 2.40. The summed E-state index contributed by atoms with van der Waals surface area (Å²) in [6.45, 7) is 10.0. The number of anilines is 3. The minimum absolute atomic E-state index is 0.131. The van der Waals surface area contributed by atoms with Gasteiger partial charge in [-0.25, -0.2) is 0 Å². The summed E-state index contributed by atoms with van der Waals surface area (Å²) < 4.78 is 41.3. The van der Waals surface area contributed by atoms with Crippen LogP contribution < -0.4 is 33.6 Å². The number of methoxy groups -OCH3 is 3. The quantitative estimate of drug-likeness (QED) is 0.0596. The molecule has 0 saturated heterocycles. The minimum Gasteiger partial charge on any atom is -0.493 e. The molecular formula is C54H59N5O9S. The van der Waals surface area contributed by atoms with E-state index >= 15 is 0 Å². The third-order valence-electron chi connectivity index (χ3n) is 12.7. The number of carbonyl (C=O) groups excluding carboxylic acids is 2. The van der Waals surface area contributed by atoms with E-state index in [2.05, 4.69) is 43.0 Å². The fourth-order valence-electron chi connectivity index (χ4n) is 9.46. The lowest BCUT2D eigenvalue weighted by Gasteiger charge is -2.32. The fourth-order valence-corrected chi connectivity index (χ4v) is 9.63. The van der Waals surface area contributed by atoms with Gasteiger partial charge < -0.3 is 38.1 Å². The Labute approximate surface area is 409 Å². The Bertz CT molecular complexity index is 2790. The molecule has 4 heterocycles. The highest BCUT2D eigenvalue weighted by Crippen LogP contribution is 2.44. The highest BCUT2D eigenvalue weighted by atomic mass is 32.1. The molecule has 0 aromatic heterocycles. The van der Waals surface area contributed by atoms with Crippen LogP contribution in [0.15, 0.2) is 101 Å². The molecule has 0 N–H and O–H groups in total. The molecule has 2 amide bonds. The number of benzene rings is 5. The average molecular weight is 954 g/mol. The van der Waals surface area contributed by atoms with Crippen molar-refractivity contribution in [3.63, 3.8) is 0 Å². The van der Waals surface area contributed by atoms with Crippen molar-refractivity contribution < 1.29 is 42.7 Å². The molecule has 4 aliphatic rings. The lowest BCUT2D eigenvalue weighted by Crippen LogP contribution is -2.40. The van der Waals surface area contributed by atoms with Crippen LogP contribution in [0.4, 0.5) is 28.4 Å². The zero-order chi connectivity index (χ0) is 48.2. The largest absolute Gasteiger partial charge is 0.493 e. The Balaban J connectivity index is 0.999. The SMILES string of the molecule is COCCOCCOCCN(CC(C)(C)S)c1cc(COc2cc3c(cc2OC)C(=O)N2c4ccccc4CC2C=N3)cc(COc2cc3c(cc2OC)C(=O)N2c4ccccc4CC2C(C)=N3)c1. The van der Waals surface area contributed by atoms with E-state index in [0.29, 0.717) is 104 Å². The Morgan fingerprint density at radius 2 is 1.25 bits per heavy atom. The molecule has 0 fully saturated rings. The topological polar surface area (TPSA) is 133 Å². The molecule has 0 bridgehead atoms. The van der Waals surface area contributed by atoms with Gasteiger partial charge in [0.1, 0.15) is 13.2 Å². The smallest absolute Gasteiger partial charge is 0.261 e. The molecule has 9 rings (SSSR count). The van der Waals surface area contributed by atoms with Gasteiger partial charge in [-0.1, -0.05) is 36.4 Å². The van der Waals surface area contributed by atoms with E-state index in [0.717, 1.165) is 45.0 Å². The first-order valence-corrected chi connectivity index (χ1v) is 23.7. The lowest BCUT2D eigenvalue weighted by molar-refractivity contribution is 0.0264. The number of ether oxygens (including phenoxy) is 7. The van der Waals surface area contributed by atoms with Gasteiger partial charge in [0.15, 0.2) is 23.0 Å². The molecule has 2 atom stereocenters. The number of aliphatic imine (C=N–C) groups is 2. The van der Waals surface area contributed by atoms with Gasteiger partial charge in [0.25, 0.3) is 11.8 Å². The van der Waals surface area contributed by atoms with Gasteiger partial charge in [0, 0.05) is 78.9 Å². The molecular weight excluding hydrogens is 895 g/mol. The van der Waals surface area contributed by atoms with Crippen molar-refractivity contribution in [2.45, 2.75) is 63.7 Å². The maximum absolute atomic E-state index is 14.3. The predicted octanol–water partition coefficient (Wildman–Crippen LogP) is 9.02. The monoisotopic (exact) mass is 953 g/mol. The van der Waals surface area contributed by atoms with Crippen LogP contribution in [0.5, 0.6) is 23.0 Å². The van der Waals surface area contributed by atoms with Gasteiger partial charge >= 0.3 is 0 Å². The van der Waals surface area contributed by atoms with Gasteiger partial charge in [-0.05, 0) is 85.5 Å². The Kier molecular flexibility index (Phi) is 14.3. The molecule has 5 aromatic rings. The summed E-state index contributed by atoms with van der Waals surface area (Å²) in [4.78, 5) is 44.1. The van der Waals surface area contributed by atoms with Crippen molar-refractivity contribution in [1.29, 1.82) is 0 Å². The number of para-hydroxylation sites is 2. The number of hydrogen-bond acceptors (Lipinski definition) is 13. The molecule has 15 heteroatoms. The van der Waals surface area contributed by atoms with Crippen molar-refractivity contribution in [2.75, 3.05) is 82.2 Å². The summed E-state index contributed by atoms with van der Waals surface area (Å²) in [5.74, 6) is 1.47. The van der Waals surface area contributed by atoms with Crippen molar-refractivity contribution in [1.82, 2.24) is 0 Å². The van der Waals surface area contributed by atoms with E-state index in [-0.39, 0.29) is 41.9 Å². The van der Waals surface area contributed by atoms with Gasteiger partial charge in [-0.15, -0.1) is 0 Å². The second kappa shape index (κ2) is 20.7. The van der Waals surface area contributed by atoms with Gasteiger partial charge in [0.05, 0.1) is 81.8 Å². The number of carbonyl (C=O) groups is 2. The van der Waals surface area contributed by atoms with Crippen LogP contribution in [-0.4, -0.2) is 108 Å². The molecule has 0 spiro atoms. The molecule has 5 aromatic carbocycles. The molecule has 0 saturated carbocycles. The van der Waals surface area contributed by atoms with E-state index in [1.54, 1.807) is 45.6 Å². The van der Waals surface area contributed by atoms with Crippen molar-refractivity contribution in [3.8, 4) is 23.0 Å². The lowest BCUT2D eigenvalue weighted by atomic mass is 10.1. The molecule has 0 aliphatic carbocycles. The van der Waals surface area contributed by atoms with Gasteiger partial charge in [-0.3, -0.25) is 29.4 Å². The first kappa shape index (κ1) is 47.7. The molecule has 2 unspecified atom stereocenters. The van der Waals surface area contributed by atoms with E-state index in [1.807, 2.05) is 65.4 Å². The maximum atomic E-state index is 14.3. The number of hydrogen-bond donors (Lipinski definition) is 1. The van der Waals surface area contributed by atoms with Gasteiger partial charge in [0.2, 0.25) is 0 Å². The van der Waals surface area contributed by atoms with Crippen LogP contribution in [0.3, 0.4) is 0 Å². The zero-order valence-corrected chi connectivity index (χ0v) is 40.9. The standard InChI is InChI=1S/C54H59N5O9S/c1-34-47-25-38-12-8-10-14-46(38)59(47)53(61)42-27-49(64-6)51(29-44(42)56-34)68-32-36-21-35(22-39(23-36)57(33-54(2,3)69)15-16-65-19-20-66-18-17-62-4)31-67-50-28-43-41(26-48(50)63-5)52(60)58-40(30-55-43)24-37-11-7-9-13-45(37)58/h7-14,21-23,26-30,40,47,69H,15-20,24-25,31-33H2,1-6H3. The Morgan fingerprint density at radius 3 is 1.88 bits per heavy atom. The molecule has 14 nitrogen and oxygen atoms in total. The molecule has 69 heavy (non-hydrogen) atoms. The summed E-state index contributed by atoms with van der Waals surface area (Å²) in [5.41, 5.74) is 9.43. The molecule has 360 valence electrons. The molecule has 0 radical (unpaired) electrons. The minimum atomic E-state index is -0.362. The van der Waals surface area contributed by atoms with E-state index in [1.165, 1.54) is 0 Å². The predicted molar refractivity (Wildman–Crippen MR) is 272 cm³/mol. The maximum Gasteiger partial charge on any atom is 0.261 e. The second-order valence-electron chi connectivity index (χ2n) is 18.2. The third kappa shape index (κ3) is 10.3. The van der Waals surface area contributed by atoms with Crippen LogP contribution in [0, 0.1) is 0 Å². The fraction of sp³-hybridized carbons (Fsp3) is 0.370. The summed E-state index contributed by atoms with van der Waals surface area (Å²) in [5, 5.41) is 0. The second-order valence-corrected chi connectivity index (χ2v) is 19.4. The van der Waals surface area contributed by atoms with Crippen LogP contribution in [-0.2, 0) is 40.3 Å². The number of fused-ring (bicyclic) bond motifs is 8. The first-order valence-electron chi connectivity index (χ1n) is 23.3. The Hall–Kier alpha value is -6.39. The van der Waals surface area contributed by atoms with Crippen molar-refractivity contribution in [2.24, 2.45) is 9.98 Å². The van der Waals surface area contributed by atoms with Crippen molar-refractivity contribution >= 4 is 64.8 Å². The first-order chi connectivity index (χ1) is 33.4. The average Bonchev–Trinajstić information content (AvgIpc) is 3.86. The number of nitrogens with zero attached hydrogens (tertiary/aromatic N) is 5. The van der Waals surface area contributed by atoms with Crippen LogP contribution >= 0.6 is 12.6 Å². The van der Waals surface area contributed by atoms with Crippen LogP contribution in [0.25, 0.3) is 0 Å². The Morgan fingerprint density at radius 1 is 0.681 bits per heavy atom. The number of thiol groups is 1. The van der Waals surface area contributed by atoms with Gasteiger partial charge in [-0.2, -0.15) is 12.6 Å². The summed E-state index contributed by atoms with van der Waals surface area (Å²) in [6, 6.07) is 28.9. The van der Waals surface area contributed by atoms with Crippen molar-refractivity contribution in [3.05, 3.63) is 124 Å². The van der Waals surface area contributed by atoms with E-state index in [4.69, 9.17) is 55.8 Å². The van der Waals surface area contributed by atoms with E-state index < -0.39 is 0 Å². The van der Waals surface area contributed by atoms with E-state index in [9.17, 15) is 9.59 Å².